The molecule has 2 aromatic carbocycles. The number of aryl methyl sites for hydroxylation is 1. The molecule has 1 N–H and O–H groups in total. The third-order valence-corrected chi connectivity index (χ3v) is 4.37. The Balaban J connectivity index is 2.11. The van der Waals surface area contributed by atoms with E-state index in [0.29, 0.717) is 5.02 Å². The highest BCUT2D eigenvalue weighted by Gasteiger charge is 2.19. The summed E-state index contributed by atoms with van der Waals surface area (Å²) in [6, 6.07) is 14.0. The molecule has 3 aromatic rings. The molecule has 0 fully saturated rings. The first-order valence-electron chi connectivity index (χ1n) is 6.71. The van der Waals surface area contributed by atoms with Gasteiger partial charge in [-0.3, -0.25) is 0 Å². The summed E-state index contributed by atoms with van der Waals surface area (Å²) in [7, 11) is 1.90. The molecule has 21 heavy (non-hydrogen) atoms. The van der Waals surface area contributed by atoms with E-state index in [2.05, 4.69) is 46.4 Å². The minimum Gasteiger partial charge on any atom is -0.459 e. The maximum absolute atomic E-state index is 6.34. The Morgan fingerprint density at radius 3 is 2.71 bits per heavy atom. The van der Waals surface area contributed by atoms with Crippen LogP contribution in [0.2, 0.25) is 5.02 Å². The number of fused-ring (bicyclic) bond motifs is 1. The van der Waals surface area contributed by atoms with Gasteiger partial charge in [-0.2, -0.15) is 0 Å². The van der Waals surface area contributed by atoms with Gasteiger partial charge in [-0.1, -0.05) is 39.2 Å². The summed E-state index contributed by atoms with van der Waals surface area (Å²) in [5.41, 5.74) is 3.10. The van der Waals surface area contributed by atoms with Crippen molar-refractivity contribution in [3.8, 4) is 0 Å². The maximum atomic E-state index is 6.34. The Morgan fingerprint density at radius 2 is 1.95 bits per heavy atom. The van der Waals surface area contributed by atoms with Crippen molar-refractivity contribution in [1.29, 1.82) is 0 Å². The molecule has 0 aliphatic rings. The number of nitrogens with one attached hydrogen (secondary N) is 1. The molecule has 0 spiro atoms. The predicted molar refractivity (Wildman–Crippen MR) is 91.0 cm³/mol. The van der Waals surface area contributed by atoms with Crippen LogP contribution in [0.4, 0.5) is 0 Å². The lowest BCUT2D eigenvalue weighted by molar-refractivity contribution is 0.491. The summed E-state index contributed by atoms with van der Waals surface area (Å²) in [5, 5.41) is 5.10. The van der Waals surface area contributed by atoms with Gasteiger partial charge in [0.25, 0.3) is 0 Å². The van der Waals surface area contributed by atoms with Crippen LogP contribution in [-0.2, 0) is 0 Å². The van der Waals surface area contributed by atoms with Crippen molar-refractivity contribution in [3.63, 3.8) is 0 Å². The molecule has 0 aliphatic heterocycles. The van der Waals surface area contributed by atoms with E-state index in [9.17, 15) is 0 Å². The van der Waals surface area contributed by atoms with E-state index < -0.39 is 0 Å². The molecule has 2 nitrogen and oxygen atoms in total. The third kappa shape index (κ3) is 2.86. The summed E-state index contributed by atoms with van der Waals surface area (Å²) in [4.78, 5) is 0. The van der Waals surface area contributed by atoms with E-state index in [0.717, 1.165) is 26.8 Å². The van der Waals surface area contributed by atoms with E-state index in [1.54, 1.807) is 0 Å². The minimum absolute atomic E-state index is 0.0808. The fourth-order valence-corrected chi connectivity index (χ4v) is 3.12. The number of furan rings is 1. The second kappa shape index (κ2) is 5.84. The molecule has 1 aromatic heterocycles. The van der Waals surface area contributed by atoms with Crippen molar-refractivity contribution >= 4 is 38.5 Å². The molecule has 0 amide bonds. The first-order chi connectivity index (χ1) is 10.1. The van der Waals surface area contributed by atoms with E-state index in [1.165, 1.54) is 5.56 Å². The summed E-state index contributed by atoms with van der Waals surface area (Å²) < 4.78 is 6.98. The van der Waals surface area contributed by atoms with Crippen LogP contribution in [0.1, 0.15) is 22.9 Å². The molecule has 1 atom stereocenters. The maximum Gasteiger partial charge on any atom is 0.134 e. The molecular formula is C17H15BrClNO. The molecule has 0 radical (unpaired) electrons. The van der Waals surface area contributed by atoms with Gasteiger partial charge in [-0.05, 0) is 55.9 Å². The fraction of sp³-hybridized carbons (Fsp3) is 0.176. The molecule has 0 aliphatic carbocycles. The average Bonchev–Trinajstić information content (AvgIpc) is 2.86. The SMILES string of the molecule is CNC(c1cc2cc(C)ccc2o1)c1cc(Br)ccc1Cl. The zero-order valence-corrected chi connectivity index (χ0v) is 14.1. The van der Waals surface area contributed by atoms with Crippen LogP contribution in [0.15, 0.2) is 51.4 Å². The standard InChI is InChI=1S/C17H15BrClNO/c1-10-3-6-15-11(7-10)8-16(21-15)17(20-2)13-9-12(18)4-5-14(13)19/h3-9,17,20H,1-2H3. The average molecular weight is 365 g/mol. The normalized spacial score (nSPS) is 12.8. The highest BCUT2D eigenvalue weighted by Crippen LogP contribution is 2.33. The van der Waals surface area contributed by atoms with Crippen molar-refractivity contribution in [1.82, 2.24) is 5.32 Å². The van der Waals surface area contributed by atoms with E-state index in [1.807, 2.05) is 31.3 Å². The van der Waals surface area contributed by atoms with Gasteiger partial charge >= 0.3 is 0 Å². The van der Waals surface area contributed by atoms with Crippen LogP contribution >= 0.6 is 27.5 Å². The largest absolute Gasteiger partial charge is 0.459 e. The van der Waals surface area contributed by atoms with Crippen LogP contribution in [-0.4, -0.2) is 7.05 Å². The third-order valence-electron chi connectivity index (χ3n) is 3.53. The van der Waals surface area contributed by atoms with E-state index in [-0.39, 0.29) is 6.04 Å². The van der Waals surface area contributed by atoms with Crippen molar-refractivity contribution in [2.75, 3.05) is 7.05 Å². The monoisotopic (exact) mass is 363 g/mol. The summed E-state index contributed by atoms with van der Waals surface area (Å²) in [5.74, 6) is 0.859. The van der Waals surface area contributed by atoms with Crippen LogP contribution in [0.5, 0.6) is 0 Å². The zero-order chi connectivity index (χ0) is 15.0. The van der Waals surface area contributed by atoms with Gasteiger partial charge in [0.15, 0.2) is 0 Å². The highest BCUT2D eigenvalue weighted by molar-refractivity contribution is 9.10. The number of rotatable bonds is 3. The van der Waals surface area contributed by atoms with Gasteiger partial charge in [-0.25, -0.2) is 0 Å². The Bertz CT molecular complexity index is 797. The number of benzene rings is 2. The number of hydrogen-bond acceptors (Lipinski definition) is 2. The van der Waals surface area contributed by atoms with Crippen molar-refractivity contribution < 1.29 is 4.42 Å². The van der Waals surface area contributed by atoms with Gasteiger partial charge in [0, 0.05) is 14.9 Å². The zero-order valence-electron chi connectivity index (χ0n) is 11.8. The van der Waals surface area contributed by atoms with Gasteiger partial charge < -0.3 is 9.73 Å². The second-order valence-electron chi connectivity index (χ2n) is 5.08. The molecule has 0 saturated heterocycles. The quantitative estimate of drug-likeness (QED) is 0.667. The van der Waals surface area contributed by atoms with Gasteiger partial charge in [0.05, 0.1) is 6.04 Å². The number of halogens is 2. The summed E-state index contributed by atoms with van der Waals surface area (Å²) in [6.45, 7) is 2.08. The minimum atomic E-state index is -0.0808. The van der Waals surface area contributed by atoms with E-state index >= 15 is 0 Å². The lowest BCUT2D eigenvalue weighted by Crippen LogP contribution is -2.17. The predicted octanol–water partition coefficient (Wildman–Crippen LogP) is 5.47. The first-order valence-corrected chi connectivity index (χ1v) is 7.88. The summed E-state index contributed by atoms with van der Waals surface area (Å²) >= 11 is 9.83. The first kappa shape index (κ1) is 14.6. The van der Waals surface area contributed by atoms with Crippen LogP contribution in [0.25, 0.3) is 11.0 Å². The highest BCUT2D eigenvalue weighted by atomic mass is 79.9. The fourth-order valence-electron chi connectivity index (χ4n) is 2.51. The van der Waals surface area contributed by atoms with Gasteiger partial charge in [-0.15, -0.1) is 0 Å². The van der Waals surface area contributed by atoms with Crippen molar-refractivity contribution in [2.24, 2.45) is 0 Å². The lowest BCUT2D eigenvalue weighted by Gasteiger charge is -2.16. The van der Waals surface area contributed by atoms with Gasteiger partial charge in [0.1, 0.15) is 11.3 Å². The van der Waals surface area contributed by atoms with Crippen LogP contribution in [0.3, 0.4) is 0 Å². The van der Waals surface area contributed by atoms with Crippen LogP contribution < -0.4 is 5.32 Å². The molecule has 1 heterocycles. The second-order valence-corrected chi connectivity index (χ2v) is 6.40. The molecule has 0 bridgehead atoms. The molecule has 3 rings (SSSR count). The van der Waals surface area contributed by atoms with Gasteiger partial charge in [0.2, 0.25) is 0 Å². The molecule has 4 heteroatoms. The summed E-state index contributed by atoms with van der Waals surface area (Å²) in [6.07, 6.45) is 0. The molecular weight excluding hydrogens is 350 g/mol. The Hall–Kier alpha value is -1.29. The smallest absolute Gasteiger partial charge is 0.134 e. The van der Waals surface area contributed by atoms with Crippen molar-refractivity contribution in [2.45, 2.75) is 13.0 Å². The van der Waals surface area contributed by atoms with Crippen LogP contribution in [0, 0.1) is 6.92 Å². The molecule has 108 valence electrons. The van der Waals surface area contributed by atoms with Crippen molar-refractivity contribution in [3.05, 3.63) is 68.8 Å². The lowest BCUT2D eigenvalue weighted by atomic mass is 10.0. The Labute approximate surface area is 137 Å². The topological polar surface area (TPSA) is 25.2 Å². The Kier molecular flexibility index (Phi) is 4.07. The van der Waals surface area contributed by atoms with E-state index in [4.69, 9.17) is 16.0 Å². The molecule has 0 saturated carbocycles. The number of hydrogen-bond donors (Lipinski definition) is 1. The molecule has 1 unspecified atom stereocenters. The Morgan fingerprint density at radius 1 is 1.14 bits per heavy atom.